The van der Waals surface area contributed by atoms with Crippen molar-refractivity contribution in [3.63, 3.8) is 0 Å². The first-order chi connectivity index (χ1) is 16.9. The number of nitrogens with one attached hydrogen (secondary N) is 1. The zero-order valence-electron chi connectivity index (χ0n) is 19.5. The summed E-state index contributed by atoms with van der Waals surface area (Å²) in [6.07, 6.45) is 1.30. The smallest absolute Gasteiger partial charge is 0.258 e. The molecule has 3 fully saturated rings. The number of halogens is 3. The number of benzene rings is 2. The number of hydrogen-bond acceptors (Lipinski definition) is 4. The van der Waals surface area contributed by atoms with Gasteiger partial charge in [0, 0.05) is 12.8 Å². The number of fused-ring (bicyclic) bond motifs is 3. The normalized spacial score (nSPS) is 22.6. The summed E-state index contributed by atoms with van der Waals surface area (Å²) in [6.45, 7) is 3.27. The predicted molar refractivity (Wildman–Crippen MR) is 136 cm³/mol. The number of carbonyl (C=O) groups is 1. The highest BCUT2D eigenvalue weighted by Crippen LogP contribution is 2.35. The zero-order chi connectivity index (χ0) is 24.4. The first-order valence-corrected chi connectivity index (χ1v) is 13.1. The monoisotopic (exact) mass is 548 g/mol. The Bertz CT molecular complexity index is 1170. The van der Waals surface area contributed by atoms with Gasteiger partial charge in [-0.05, 0) is 65.0 Å². The molecule has 0 aliphatic carbocycles. The summed E-state index contributed by atoms with van der Waals surface area (Å²) < 4.78 is 34.8. The van der Waals surface area contributed by atoms with E-state index < -0.39 is 17.7 Å². The SMILES string of the molecule is O=C(C[N+]12CCC(CC1)[C@@H](NC(=S)OC(c1cccc(F)c1)c1cccc(F)c1)C2)c1cccs1.[Cl-]. The molecule has 4 nitrogen and oxygen atoms in total. The number of thiocarbonyl (C=S) groups is 1. The van der Waals surface area contributed by atoms with Gasteiger partial charge in [-0.2, -0.15) is 0 Å². The molecular weight excluding hydrogens is 522 g/mol. The lowest BCUT2D eigenvalue weighted by atomic mass is 9.81. The van der Waals surface area contributed by atoms with Crippen LogP contribution >= 0.6 is 23.6 Å². The Morgan fingerprint density at radius 3 is 2.25 bits per heavy atom. The average molecular weight is 549 g/mol. The molecule has 0 saturated carbocycles. The van der Waals surface area contributed by atoms with Crippen LogP contribution in [0.2, 0.25) is 0 Å². The quantitative estimate of drug-likeness (QED) is 0.280. The number of hydrogen-bond donors (Lipinski definition) is 1. The Kier molecular flexibility index (Phi) is 8.40. The maximum absolute atomic E-state index is 14.0. The van der Waals surface area contributed by atoms with E-state index in [2.05, 4.69) is 5.32 Å². The van der Waals surface area contributed by atoms with Crippen molar-refractivity contribution >= 4 is 34.5 Å². The first-order valence-electron chi connectivity index (χ1n) is 11.8. The molecule has 4 heterocycles. The van der Waals surface area contributed by atoms with Crippen LogP contribution in [0.1, 0.15) is 39.7 Å². The van der Waals surface area contributed by atoms with Crippen molar-refractivity contribution in [2.24, 2.45) is 5.92 Å². The number of ketones is 1. The minimum Gasteiger partial charge on any atom is -1.00 e. The fourth-order valence-electron chi connectivity index (χ4n) is 5.45. The molecule has 6 rings (SSSR count). The minimum atomic E-state index is -0.744. The average Bonchev–Trinajstić information content (AvgIpc) is 3.38. The van der Waals surface area contributed by atoms with Gasteiger partial charge in [0.25, 0.3) is 5.17 Å². The van der Waals surface area contributed by atoms with Crippen molar-refractivity contribution in [1.82, 2.24) is 5.32 Å². The number of nitrogens with zero attached hydrogens (tertiary/aromatic N) is 1. The van der Waals surface area contributed by atoms with Gasteiger partial charge in [0.1, 0.15) is 18.2 Å². The molecule has 1 aromatic heterocycles. The van der Waals surface area contributed by atoms with E-state index >= 15 is 0 Å². The summed E-state index contributed by atoms with van der Waals surface area (Å²) >= 11 is 7.08. The van der Waals surface area contributed by atoms with Crippen LogP contribution in [-0.2, 0) is 4.74 Å². The Morgan fingerprint density at radius 1 is 1.06 bits per heavy atom. The molecule has 1 N–H and O–H groups in total. The Hall–Kier alpha value is -2.39. The van der Waals surface area contributed by atoms with Gasteiger partial charge < -0.3 is 26.9 Å². The van der Waals surface area contributed by atoms with Gasteiger partial charge in [-0.3, -0.25) is 4.79 Å². The largest absolute Gasteiger partial charge is 1.00 e. The molecule has 3 aliphatic rings. The summed E-state index contributed by atoms with van der Waals surface area (Å²) in [6, 6.07) is 16.0. The van der Waals surface area contributed by atoms with Gasteiger partial charge in [-0.1, -0.05) is 30.3 Å². The first kappa shape index (κ1) is 26.7. The van der Waals surface area contributed by atoms with E-state index in [9.17, 15) is 13.6 Å². The maximum atomic E-state index is 14.0. The van der Waals surface area contributed by atoms with E-state index in [-0.39, 0.29) is 29.4 Å². The van der Waals surface area contributed by atoms with E-state index in [0.29, 0.717) is 23.6 Å². The van der Waals surface area contributed by atoms with E-state index in [1.165, 1.54) is 35.6 Å². The highest BCUT2D eigenvalue weighted by molar-refractivity contribution is 7.80. The second-order valence-electron chi connectivity index (χ2n) is 9.51. The predicted octanol–water partition coefficient (Wildman–Crippen LogP) is 2.50. The second kappa shape index (κ2) is 11.3. The van der Waals surface area contributed by atoms with Crippen LogP contribution in [0.3, 0.4) is 0 Å². The number of quaternary nitrogens is 1. The lowest BCUT2D eigenvalue weighted by Crippen LogP contribution is -3.00. The molecule has 190 valence electrons. The molecule has 3 saturated heterocycles. The third kappa shape index (κ3) is 5.94. The number of thiophene rings is 1. The highest BCUT2D eigenvalue weighted by Gasteiger charge is 2.47. The minimum absolute atomic E-state index is 0. The van der Waals surface area contributed by atoms with E-state index in [1.807, 2.05) is 17.5 Å². The number of rotatable bonds is 7. The Labute approximate surface area is 225 Å². The molecule has 0 radical (unpaired) electrons. The summed E-state index contributed by atoms with van der Waals surface area (Å²) in [4.78, 5) is 13.7. The Balaban J connectivity index is 0.00000304. The molecule has 0 unspecified atom stereocenters. The van der Waals surface area contributed by atoms with E-state index in [4.69, 9.17) is 17.0 Å². The summed E-state index contributed by atoms with van der Waals surface area (Å²) in [5, 5.41) is 5.51. The lowest BCUT2D eigenvalue weighted by molar-refractivity contribution is -0.936. The van der Waals surface area contributed by atoms with Crippen LogP contribution in [0, 0.1) is 17.6 Å². The molecule has 36 heavy (non-hydrogen) atoms. The van der Waals surface area contributed by atoms with Crippen LogP contribution in [0.5, 0.6) is 0 Å². The fraction of sp³-hybridized carbons (Fsp3) is 0.333. The number of carbonyl (C=O) groups excluding carboxylic acids is 1. The van der Waals surface area contributed by atoms with Crippen LogP contribution in [-0.4, -0.2) is 47.7 Å². The second-order valence-corrected chi connectivity index (χ2v) is 10.8. The molecule has 3 aliphatic heterocycles. The molecule has 3 aromatic rings. The fourth-order valence-corrected chi connectivity index (χ4v) is 6.36. The van der Waals surface area contributed by atoms with Crippen molar-refractivity contribution in [3.05, 3.63) is 93.7 Å². The third-order valence-corrected chi connectivity index (χ3v) is 8.33. The Morgan fingerprint density at radius 2 is 1.69 bits per heavy atom. The van der Waals surface area contributed by atoms with E-state index in [0.717, 1.165) is 41.8 Å². The van der Waals surface area contributed by atoms with Crippen LogP contribution in [0.15, 0.2) is 66.0 Å². The third-order valence-electron chi connectivity index (χ3n) is 7.21. The number of ether oxygens (including phenoxy) is 1. The highest BCUT2D eigenvalue weighted by atomic mass is 35.5. The van der Waals surface area contributed by atoms with Gasteiger partial charge >= 0.3 is 0 Å². The number of Topliss-reactive ketones (excluding diaryl/α,β-unsaturated/α-hetero) is 1. The van der Waals surface area contributed by atoms with Gasteiger partial charge in [-0.25, -0.2) is 8.78 Å². The van der Waals surface area contributed by atoms with Crippen LogP contribution in [0.25, 0.3) is 0 Å². The van der Waals surface area contributed by atoms with Crippen molar-refractivity contribution in [1.29, 1.82) is 0 Å². The van der Waals surface area contributed by atoms with Gasteiger partial charge in [-0.15, -0.1) is 11.3 Å². The van der Waals surface area contributed by atoms with Crippen molar-refractivity contribution in [2.45, 2.75) is 25.0 Å². The summed E-state index contributed by atoms with van der Waals surface area (Å²) in [5.41, 5.74) is 1.11. The molecule has 0 spiro atoms. The molecular formula is C27H27ClF2N2O2S2. The van der Waals surface area contributed by atoms with Gasteiger partial charge in [0.15, 0.2) is 6.10 Å². The lowest BCUT2D eigenvalue weighted by Gasteiger charge is -2.52. The molecule has 0 amide bonds. The molecule has 2 aromatic carbocycles. The van der Waals surface area contributed by atoms with Crippen molar-refractivity contribution < 1.29 is 35.2 Å². The topological polar surface area (TPSA) is 38.3 Å². The standard InChI is InChI=1S/C27H26F2N2O2S2.ClH/c28-21-6-1-4-19(14-21)26(20-5-2-7-22(29)15-20)33-27(34)30-23-16-31(11-9-18(23)10-12-31)17-24(32)25-8-3-13-35-25;/h1-8,13-15,18,23,26H,9-12,16-17H2;1H/t18?,23-,31?;/m0./s1. The molecule has 9 heteroatoms. The van der Waals surface area contributed by atoms with Crippen LogP contribution < -0.4 is 17.7 Å². The van der Waals surface area contributed by atoms with Crippen molar-refractivity contribution in [3.8, 4) is 0 Å². The van der Waals surface area contributed by atoms with Crippen molar-refractivity contribution in [2.75, 3.05) is 26.2 Å². The summed E-state index contributed by atoms with van der Waals surface area (Å²) in [5.74, 6) is -0.151. The van der Waals surface area contributed by atoms with Gasteiger partial charge in [0.05, 0.1) is 30.6 Å². The van der Waals surface area contributed by atoms with E-state index in [1.54, 1.807) is 24.3 Å². The maximum Gasteiger partial charge on any atom is 0.258 e. The summed E-state index contributed by atoms with van der Waals surface area (Å²) in [7, 11) is 0. The van der Waals surface area contributed by atoms with Gasteiger partial charge in [0.2, 0.25) is 5.78 Å². The molecule has 2 bridgehead atoms. The van der Waals surface area contributed by atoms with Crippen LogP contribution in [0.4, 0.5) is 8.78 Å². The zero-order valence-corrected chi connectivity index (χ0v) is 21.9. The number of piperidine rings is 3. The molecule has 1 atom stereocenters.